The number of carbonyl (C=O) groups is 1. The highest BCUT2D eigenvalue weighted by molar-refractivity contribution is 5.93. The molecule has 0 atom stereocenters. The fourth-order valence-electron chi connectivity index (χ4n) is 1.40. The molecule has 2 aromatic rings. The number of methoxy groups -OCH3 is 1. The fraction of sp³-hybridized carbons (Fsp3) is 0.200. The maximum atomic E-state index is 11.3. The number of ether oxygens (including phenoxy) is 1. The molecule has 6 nitrogen and oxygen atoms in total. The van der Waals surface area contributed by atoms with E-state index in [-0.39, 0.29) is 6.54 Å². The first-order chi connectivity index (χ1) is 7.76. The van der Waals surface area contributed by atoms with Crippen molar-refractivity contribution in [2.75, 3.05) is 7.11 Å². The molecule has 16 heavy (non-hydrogen) atoms. The predicted octanol–water partition coefficient (Wildman–Crippen LogP) is 0.741. The van der Waals surface area contributed by atoms with Crippen molar-refractivity contribution in [3.05, 3.63) is 23.8 Å². The van der Waals surface area contributed by atoms with Crippen molar-refractivity contribution in [1.82, 2.24) is 15.0 Å². The molecule has 80 valence electrons. The third kappa shape index (κ3) is 1.59. The molecule has 0 fully saturated rings. The van der Waals surface area contributed by atoms with Crippen molar-refractivity contribution >= 4 is 17.0 Å². The molecule has 0 bridgehead atoms. The molecule has 2 rings (SSSR count). The van der Waals surface area contributed by atoms with Crippen LogP contribution in [0.25, 0.3) is 11.0 Å². The number of hydrogen-bond acceptors (Lipinski definition) is 5. The Labute approximate surface area is 91.0 Å². The number of esters is 1. The van der Waals surface area contributed by atoms with E-state index < -0.39 is 5.97 Å². The number of nitrogens with zero attached hydrogens (tertiary/aromatic N) is 4. The Kier molecular flexibility index (Phi) is 2.52. The lowest BCUT2D eigenvalue weighted by Crippen LogP contribution is -2.01. The SMILES string of the molecule is COC(=O)c1ccc2c(c1)nnn2CC#N. The summed E-state index contributed by atoms with van der Waals surface area (Å²) in [5.74, 6) is -0.420. The highest BCUT2D eigenvalue weighted by atomic mass is 16.5. The summed E-state index contributed by atoms with van der Waals surface area (Å²) in [7, 11) is 1.32. The van der Waals surface area contributed by atoms with Crippen LogP contribution in [0, 0.1) is 11.3 Å². The van der Waals surface area contributed by atoms with Crippen LogP contribution in [-0.4, -0.2) is 28.1 Å². The number of nitriles is 1. The van der Waals surface area contributed by atoms with Gasteiger partial charge in [0.2, 0.25) is 0 Å². The van der Waals surface area contributed by atoms with Crippen LogP contribution in [0.2, 0.25) is 0 Å². The van der Waals surface area contributed by atoms with Gasteiger partial charge in [-0.2, -0.15) is 5.26 Å². The Bertz CT molecular complexity index is 582. The van der Waals surface area contributed by atoms with Gasteiger partial charge in [-0.05, 0) is 18.2 Å². The van der Waals surface area contributed by atoms with Crippen molar-refractivity contribution in [3.8, 4) is 6.07 Å². The van der Waals surface area contributed by atoms with Crippen molar-refractivity contribution in [2.45, 2.75) is 6.54 Å². The van der Waals surface area contributed by atoms with Crippen LogP contribution in [0.15, 0.2) is 18.2 Å². The van der Waals surface area contributed by atoms with E-state index in [2.05, 4.69) is 15.0 Å². The Morgan fingerprint density at radius 1 is 1.62 bits per heavy atom. The molecule has 0 aliphatic heterocycles. The van der Waals surface area contributed by atoms with E-state index in [1.165, 1.54) is 11.8 Å². The van der Waals surface area contributed by atoms with E-state index in [1.54, 1.807) is 18.2 Å². The summed E-state index contributed by atoms with van der Waals surface area (Å²) in [5.41, 5.74) is 1.70. The first-order valence-corrected chi connectivity index (χ1v) is 4.55. The van der Waals surface area contributed by atoms with Gasteiger partial charge in [-0.1, -0.05) is 5.21 Å². The zero-order valence-corrected chi connectivity index (χ0v) is 8.54. The molecule has 0 saturated heterocycles. The minimum atomic E-state index is -0.420. The molecule has 0 N–H and O–H groups in total. The van der Waals surface area contributed by atoms with Crippen molar-refractivity contribution in [1.29, 1.82) is 5.26 Å². The lowest BCUT2D eigenvalue weighted by molar-refractivity contribution is 0.0601. The van der Waals surface area contributed by atoms with Crippen molar-refractivity contribution < 1.29 is 9.53 Å². The normalized spacial score (nSPS) is 10.0. The summed E-state index contributed by atoms with van der Waals surface area (Å²) < 4.78 is 6.06. The van der Waals surface area contributed by atoms with Gasteiger partial charge in [-0.3, -0.25) is 0 Å². The van der Waals surface area contributed by atoms with Gasteiger partial charge in [-0.25, -0.2) is 9.48 Å². The van der Waals surface area contributed by atoms with Gasteiger partial charge in [0, 0.05) is 0 Å². The second-order valence-corrected chi connectivity index (χ2v) is 3.10. The van der Waals surface area contributed by atoms with E-state index in [0.717, 1.165) is 0 Å². The lowest BCUT2D eigenvalue weighted by Gasteiger charge is -1.98. The van der Waals surface area contributed by atoms with Crippen LogP contribution in [0.4, 0.5) is 0 Å². The van der Waals surface area contributed by atoms with Crippen LogP contribution >= 0.6 is 0 Å². The second kappa shape index (κ2) is 3.98. The average Bonchev–Trinajstić information content (AvgIpc) is 2.71. The molecule has 0 aliphatic carbocycles. The number of hydrogen-bond donors (Lipinski definition) is 0. The first-order valence-electron chi connectivity index (χ1n) is 4.55. The number of benzene rings is 1. The summed E-state index contributed by atoms with van der Waals surface area (Å²) in [6.45, 7) is 0.133. The Hall–Kier alpha value is -2.42. The maximum absolute atomic E-state index is 11.3. The summed E-state index contributed by atoms with van der Waals surface area (Å²) in [6, 6.07) is 6.87. The first kappa shape index (κ1) is 10.1. The number of rotatable bonds is 2. The molecule has 0 unspecified atom stereocenters. The molecule has 0 spiro atoms. The van der Waals surface area contributed by atoms with E-state index in [0.29, 0.717) is 16.6 Å². The largest absolute Gasteiger partial charge is 0.465 e. The molecule has 1 heterocycles. The van der Waals surface area contributed by atoms with Gasteiger partial charge in [0.25, 0.3) is 0 Å². The molecular formula is C10H8N4O2. The van der Waals surface area contributed by atoms with Crippen LogP contribution in [-0.2, 0) is 11.3 Å². The summed E-state index contributed by atoms with van der Waals surface area (Å²) >= 11 is 0. The van der Waals surface area contributed by atoms with E-state index >= 15 is 0 Å². The topological polar surface area (TPSA) is 80.8 Å². The minimum Gasteiger partial charge on any atom is -0.465 e. The van der Waals surface area contributed by atoms with Gasteiger partial charge < -0.3 is 4.74 Å². The molecule has 1 aromatic carbocycles. The van der Waals surface area contributed by atoms with Gasteiger partial charge in [-0.15, -0.1) is 5.10 Å². The van der Waals surface area contributed by atoms with Crippen molar-refractivity contribution in [2.24, 2.45) is 0 Å². The van der Waals surface area contributed by atoms with E-state index in [9.17, 15) is 4.79 Å². The molecule has 0 aliphatic rings. The van der Waals surface area contributed by atoms with Crippen molar-refractivity contribution in [3.63, 3.8) is 0 Å². The van der Waals surface area contributed by atoms with Gasteiger partial charge >= 0.3 is 5.97 Å². The lowest BCUT2D eigenvalue weighted by atomic mass is 10.2. The number of fused-ring (bicyclic) bond motifs is 1. The monoisotopic (exact) mass is 216 g/mol. The molecular weight excluding hydrogens is 208 g/mol. The maximum Gasteiger partial charge on any atom is 0.337 e. The standard InChI is InChI=1S/C10H8N4O2/c1-16-10(15)7-2-3-9-8(6-7)12-13-14(9)5-4-11/h2-3,6H,5H2,1H3. The molecule has 0 radical (unpaired) electrons. The highest BCUT2D eigenvalue weighted by Gasteiger charge is 2.09. The predicted molar refractivity (Wildman–Crippen MR) is 54.5 cm³/mol. The summed E-state index contributed by atoms with van der Waals surface area (Å²) in [4.78, 5) is 11.3. The van der Waals surface area contributed by atoms with Crippen LogP contribution in [0.1, 0.15) is 10.4 Å². The fourth-order valence-corrected chi connectivity index (χ4v) is 1.40. The molecule has 6 heteroatoms. The zero-order chi connectivity index (χ0) is 11.5. The van der Waals surface area contributed by atoms with E-state index in [1.807, 2.05) is 6.07 Å². The van der Waals surface area contributed by atoms with Crippen LogP contribution < -0.4 is 0 Å². The minimum absolute atomic E-state index is 0.133. The van der Waals surface area contributed by atoms with Gasteiger partial charge in [0.15, 0.2) is 0 Å². The number of aromatic nitrogens is 3. The zero-order valence-electron chi connectivity index (χ0n) is 8.54. The summed E-state index contributed by atoms with van der Waals surface area (Å²) in [6.07, 6.45) is 0. The molecule has 0 saturated carbocycles. The number of carbonyl (C=O) groups excluding carboxylic acids is 1. The average molecular weight is 216 g/mol. The quantitative estimate of drug-likeness (QED) is 0.691. The third-order valence-corrected chi connectivity index (χ3v) is 2.16. The van der Waals surface area contributed by atoms with Gasteiger partial charge in [0.1, 0.15) is 12.1 Å². The molecule has 0 amide bonds. The van der Waals surface area contributed by atoms with Crippen LogP contribution in [0.5, 0.6) is 0 Å². The van der Waals surface area contributed by atoms with E-state index in [4.69, 9.17) is 5.26 Å². The Morgan fingerprint density at radius 2 is 2.44 bits per heavy atom. The summed E-state index contributed by atoms with van der Waals surface area (Å²) in [5, 5.41) is 16.2. The third-order valence-electron chi connectivity index (χ3n) is 2.16. The van der Waals surface area contributed by atoms with Crippen LogP contribution in [0.3, 0.4) is 0 Å². The van der Waals surface area contributed by atoms with Gasteiger partial charge in [0.05, 0.1) is 24.3 Å². The Balaban J connectivity index is 2.49. The Morgan fingerprint density at radius 3 is 3.12 bits per heavy atom. The highest BCUT2D eigenvalue weighted by Crippen LogP contribution is 2.13. The molecule has 1 aromatic heterocycles. The second-order valence-electron chi connectivity index (χ2n) is 3.10. The smallest absolute Gasteiger partial charge is 0.337 e.